The predicted molar refractivity (Wildman–Crippen MR) is 143 cm³/mol. The summed E-state index contributed by atoms with van der Waals surface area (Å²) in [6, 6.07) is 25.2. The van der Waals surface area contributed by atoms with Gasteiger partial charge in [0.1, 0.15) is 0 Å². The maximum absolute atomic E-state index is 13.5. The minimum atomic E-state index is -0.437. The molecular formula is C29H31N5O3. The molecule has 0 radical (unpaired) electrons. The van der Waals surface area contributed by atoms with Crippen LogP contribution in [-0.4, -0.2) is 59.6 Å². The van der Waals surface area contributed by atoms with Gasteiger partial charge in [0.05, 0.1) is 30.2 Å². The second kappa shape index (κ2) is 12.2. The summed E-state index contributed by atoms with van der Waals surface area (Å²) in [5.41, 5.74) is 3.36. The van der Waals surface area contributed by atoms with Crippen molar-refractivity contribution in [3.63, 3.8) is 0 Å². The van der Waals surface area contributed by atoms with E-state index in [1.165, 1.54) is 0 Å². The summed E-state index contributed by atoms with van der Waals surface area (Å²) in [6.45, 7) is 2.04. The first kappa shape index (κ1) is 25.9. The Kier molecular flexibility index (Phi) is 8.52. The van der Waals surface area contributed by atoms with Gasteiger partial charge in [-0.15, -0.1) is 0 Å². The highest BCUT2D eigenvalue weighted by Gasteiger charge is 2.28. The number of carbonyl (C=O) groups excluding carboxylic acids is 2. The number of β-amino-alcohol motifs (C(OH)–C–C–N with tert-alkyl or cyclic N) is 1. The van der Waals surface area contributed by atoms with E-state index >= 15 is 0 Å². The van der Waals surface area contributed by atoms with E-state index in [1.54, 1.807) is 48.3 Å². The van der Waals surface area contributed by atoms with Crippen molar-refractivity contribution < 1.29 is 14.7 Å². The third kappa shape index (κ3) is 6.94. The van der Waals surface area contributed by atoms with Gasteiger partial charge in [-0.1, -0.05) is 48.5 Å². The Hall–Kier alpha value is -4.19. The molecule has 0 spiro atoms. The highest BCUT2D eigenvalue weighted by molar-refractivity contribution is 6.00. The van der Waals surface area contributed by atoms with Crippen molar-refractivity contribution in [2.45, 2.75) is 25.0 Å². The van der Waals surface area contributed by atoms with Crippen molar-refractivity contribution in [2.75, 3.05) is 37.3 Å². The Balaban J connectivity index is 1.45. The van der Waals surface area contributed by atoms with Crippen LogP contribution in [0.25, 0.3) is 0 Å². The monoisotopic (exact) mass is 497 g/mol. The lowest BCUT2D eigenvalue weighted by Gasteiger charge is -2.32. The quantitative estimate of drug-likeness (QED) is 0.436. The lowest BCUT2D eigenvalue weighted by atomic mass is 10.0. The van der Waals surface area contributed by atoms with Crippen LogP contribution in [0, 0.1) is 11.3 Å². The van der Waals surface area contributed by atoms with Gasteiger partial charge in [0.2, 0.25) is 5.91 Å². The number of likely N-dealkylation sites (N-methyl/N-ethyl adjacent to an activating group) is 1. The van der Waals surface area contributed by atoms with Gasteiger partial charge in [-0.3, -0.25) is 9.69 Å². The van der Waals surface area contributed by atoms with Crippen LogP contribution in [0.15, 0.2) is 78.9 Å². The summed E-state index contributed by atoms with van der Waals surface area (Å²) in [4.78, 5) is 30.0. The number of carbonyl (C=O) groups is 2. The van der Waals surface area contributed by atoms with Gasteiger partial charge in [-0.2, -0.15) is 5.26 Å². The molecule has 37 heavy (non-hydrogen) atoms. The zero-order valence-electron chi connectivity index (χ0n) is 20.8. The van der Waals surface area contributed by atoms with Gasteiger partial charge in [0.25, 0.3) is 0 Å². The van der Waals surface area contributed by atoms with Crippen molar-refractivity contribution in [3.05, 3.63) is 95.6 Å². The summed E-state index contributed by atoms with van der Waals surface area (Å²) in [6.07, 6.45) is 0.532. The second-order valence-electron chi connectivity index (χ2n) is 9.24. The molecule has 0 aliphatic carbocycles. The zero-order chi connectivity index (χ0) is 26.2. The number of benzene rings is 3. The molecule has 0 aromatic heterocycles. The Morgan fingerprint density at radius 1 is 1.05 bits per heavy atom. The normalized spacial score (nSPS) is 16.0. The van der Waals surface area contributed by atoms with Crippen LogP contribution in [-0.2, 0) is 11.2 Å². The molecule has 1 saturated heterocycles. The molecule has 190 valence electrons. The van der Waals surface area contributed by atoms with Crippen molar-refractivity contribution in [3.8, 4) is 6.07 Å². The molecule has 4 rings (SSSR count). The summed E-state index contributed by atoms with van der Waals surface area (Å²) in [5, 5.41) is 24.5. The van der Waals surface area contributed by atoms with Crippen LogP contribution in [0.2, 0.25) is 0 Å². The molecule has 0 saturated carbocycles. The topological polar surface area (TPSA) is 109 Å². The largest absolute Gasteiger partial charge is 0.392 e. The lowest BCUT2D eigenvalue weighted by Crippen LogP contribution is -2.39. The number of aliphatic hydroxyl groups excluding tert-OH is 1. The average Bonchev–Trinajstić information content (AvgIpc) is 3.33. The third-order valence-corrected chi connectivity index (χ3v) is 6.60. The van der Waals surface area contributed by atoms with Gasteiger partial charge >= 0.3 is 6.03 Å². The molecule has 3 aromatic rings. The van der Waals surface area contributed by atoms with E-state index in [9.17, 15) is 14.7 Å². The molecule has 3 aromatic carbocycles. The molecule has 3 amide bonds. The summed E-state index contributed by atoms with van der Waals surface area (Å²) < 4.78 is 0. The number of anilines is 2. The lowest BCUT2D eigenvalue weighted by molar-refractivity contribution is -0.131. The van der Waals surface area contributed by atoms with Gasteiger partial charge in [-0.25, -0.2) is 4.79 Å². The molecule has 1 heterocycles. The minimum Gasteiger partial charge on any atom is -0.392 e. The van der Waals surface area contributed by atoms with Crippen LogP contribution >= 0.6 is 0 Å². The van der Waals surface area contributed by atoms with E-state index in [0.29, 0.717) is 35.6 Å². The van der Waals surface area contributed by atoms with Gasteiger partial charge in [-0.05, 0) is 47.9 Å². The Morgan fingerprint density at radius 3 is 2.43 bits per heavy atom. The van der Waals surface area contributed by atoms with E-state index in [-0.39, 0.29) is 24.5 Å². The van der Waals surface area contributed by atoms with E-state index in [2.05, 4.69) is 15.5 Å². The van der Waals surface area contributed by atoms with E-state index in [0.717, 1.165) is 18.5 Å². The number of para-hydroxylation sites is 1. The molecule has 8 heteroatoms. The Labute approximate surface area is 217 Å². The number of hydrogen-bond donors (Lipinski definition) is 3. The Bertz CT molecular complexity index is 1260. The minimum absolute atomic E-state index is 0.0738. The fourth-order valence-corrected chi connectivity index (χ4v) is 4.52. The van der Waals surface area contributed by atoms with Crippen molar-refractivity contribution in [1.82, 2.24) is 9.80 Å². The summed E-state index contributed by atoms with van der Waals surface area (Å²) in [7, 11) is 1.81. The van der Waals surface area contributed by atoms with Crippen LogP contribution in [0.4, 0.5) is 16.2 Å². The fourth-order valence-electron chi connectivity index (χ4n) is 4.52. The molecule has 1 aliphatic rings. The van der Waals surface area contributed by atoms with Crippen LogP contribution in [0.1, 0.15) is 29.2 Å². The smallest absolute Gasteiger partial charge is 0.323 e. The molecule has 0 unspecified atom stereocenters. The number of hydrogen-bond acceptors (Lipinski definition) is 5. The maximum Gasteiger partial charge on any atom is 0.323 e. The number of urea groups is 1. The van der Waals surface area contributed by atoms with Gasteiger partial charge in [0, 0.05) is 38.1 Å². The molecule has 0 bridgehead atoms. The first-order valence-corrected chi connectivity index (χ1v) is 12.3. The molecule has 3 N–H and O–H groups in total. The highest BCUT2D eigenvalue weighted by atomic mass is 16.3. The first-order chi connectivity index (χ1) is 17.9. The average molecular weight is 498 g/mol. The third-order valence-electron chi connectivity index (χ3n) is 6.60. The number of nitrogens with zero attached hydrogens (tertiary/aromatic N) is 3. The number of rotatable bonds is 8. The van der Waals surface area contributed by atoms with Crippen molar-refractivity contribution >= 4 is 23.3 Å². The number of nitriles is 1. The molecule has 1 aliphatic heterocycles. The van der Waals surface area contributed by atoms with Crippen LogP contribution in [0.3, 0.4) is 0 Å². The van der Waals surface area contributed by atoms with Gasteiger partial charge in [0.15, 0.2) is 0 Å². The highest BCUT2D eigenvalue weighted by Crippen LogP contribution is 2.25. The zero-order valence-corrected chi connectivity index (χ0v) is 20.8. The van der Waals surface area contributed by atoms with Crippen molar-refractivity contribution in [1.29, 1.82) is 5.26 Å². The Morgan fingerprint density at radius 2 is 1.76 bits per heavy atom. The second-order valence-corrected chi connectivity index (χ2v) is 9.24. The standard InChI is InChI=1S/C29H31N5O3/c1-33(27(22-7-3-2-4-8-22)20-34-16-15-25(35)19-34)28(36)17-23-9-5-6-10-26(23)32-29(37)31-24-13-11-21(18-30)12-14-24/h2-14,25,27,35H,15-17,19-20H2,1H3,(H2,31,32,37)/t25-,27+/m0/s1. The first-order valence-electron chi connectivity index (χ1n) is 12.3. The molecular weight excluding hydrogens is 466 g/mol. The number of likely N-dealkylation sites (tertiary alicyclic amines) is 1. The molecule has 2 atom stereocenters. The van der Waals surface area contributed by atoms with Gasteiger partial charge < -0.3 is 20.6 Å². The van der Waals surface area contributed by atoms with Crippen molar-refractivity contribution in [2.24, 2.45) is 0 Å². The van der Waals surface area contributed by atoms with Crippen LogP contribution < -0.4 is 10.6 Å². The van der Waals surface area contributed by atoms with E-state index in [1.807, 2.05) is 48.5 Å². The van der Waals surface area contributed by atoms with E-state index in [4.69, 9.17) is 5.26 Å². The number of nitrogens with one attached hydrogen (secondary N) is 2. The summed E-state index contributed by atoms with van der Waals surface area (Å²) in [5.74, 6) is -0.0738. The molecule has 1 fully saturated rings. The predicted octanol–water partition coefficient (Wildman–Crippen LogP) is 4.01. The van der Waals surface area contributed by atoms with E-state index < -0.39 is 6.03 Å². The summed E-state index contributed by atoms with van der Waals surface area (Å²) >= 11 is 0. The SMILES string of the molecule is CN(C(=O)Cc1ccccc1NC(=O)Nc1ccc(C#N)cc1)[C@H](CN1CC[C@H](O)C1)c1ccccc1. The maximum atomic E-state index is 13.5. The van der Waals surface area contributed by atoms with Crippen LogP contribution in [0.5, 0.6) is 0 Å². The molecule has 8 nitrogen and oxygen atoms in total. The number of amides is 3. The number of aliphatic hydroxyl groups is 1. The fraction of sp³-hybridized carbons (Fsp3) is 0.276.